The SMILES string of the molecule is NS(=O)(=O)c1cc(C(=O)NNC(=O)c2ccc(Cl)cc2)ccc1Cl. The number of hydrogen-bond donors (Lipinski definition) is 3. The van der Waals surface area contributed by atoms with Gasteiger partial charge in [0.2, 0.25) is 10.0 Å². The summed E-state index contributed by atoms with van der Waals surface area (Å²) < 4.78 is 22.8. The van der Waals surface area contributed by atoms with Gasteiger partial charge in [-0.3, -0.25) is 20.4 Å². The van der Waals surface area contributed by atoms with Crippen molar-refractivity contribution in [3.05, 3.63) is 63.6 Å². The van der Waals surface area contributed by atoms with Crippen LogP contribution in [0.15, 0.2) is 47.4 Å². The number of amides is 2. The van der Waals surface area contributed by atoms with E-state index < -0.39 is 21.8 Å². The molecule has 2 rings (SSSR count). The molecule has 2 aromatic rings. The molecule has 4 N–H and O–H groups in total. The molecular weight excluding hydrogens is 377 g/mol. The summed E-state index contributed by atoms with van der Waals surface area (Å²) in [5.74, 6) is -1.31. The number of carbonyl (C=O) groups is 2. The molecule has 0 saturated heterocycles. The van der Waals surface area contributed by atoms with Gasteiger partial charge in [0.15, 0.2) is 0 Å². The zero-order valence-electron chi connectivity index (χ0n) is 11.9. The molecule has 0 bridgehead atoms. The van der Waals surface area contributed by atoms with E-state index in [0.717, 1.165) is 6.07 Å². The van der Waals surface area contributed by atoms with Gasteiger partial charge < -0.3 is 0 Å². The monoisotopic (exact) mass is 387 g/mol. The van der Waals surface area contributed by atoms with Gasteiger partial charge in [-0.1, -0.05) is 23.2 Å². The van der Waals surface area contributed by atoms with Crippen molar-refractivity contribution in [2.75, 3.05) is 0 Å². The van der Waals surface area contributed by atoms with Gasteiger partial charge in [0.1, 0.15) is 4.90 Å². The highest BCUT2D eigenvalue weighted by Gasteiger charge is 2.17. The molecule has 0 aromatic heterocycles. The lowest BCUT2D eigenvalue weighted by Crippen LogP contribution is -2.41. The molecule has 0 aliphatic heterocycles. The maximum Gasteiger partial charge on any atom is 0.269 e. The number of hydrazine groups is 1. The molecule has 0 radical (unpaired) electrons. The summed E-state index contributed by atoms with van der Waals surface area (Å²) in [5.41, 5.74) is 4.59. The minimum atomic E-state index is -4.08. The molecule has 7 nitrogen and oxygen atoms in total. The van der Waals surface area contributed by atoms with Gasteiger partial charge in [0.05, 0.1) is 5.02 Å². The average Bonchev–Trinajstić information content (AvgIpc) is 2.52. The predicted octanol–water partition coefficient (Wildman–Crippen LogP) is 1.72. The van der Waals surface area contributed by atoms with Crippen LogP contribution in [-0.2, 0) is 10.0 Å². The summed E-state index contributed by atoms with van der Waals surface area (Å²) in [6.07, 6.45) is 0. The topological polar surface area (TPSA) is 118 Å². The van der Waals surface area contributed by atoms with E-state index in [2.05, 4.69) is 10.9 Å². The normalized spacial score (nSPS) is 11.0. The molecule has 0 spiro atoms. The summed E-state index contributed by atoms with van der Waals surface area (Å²) in [7, 11) is -4.08. The van der Waals surface area contributed by atoms with Crippen LogP contribution in [0.2, 0.25) is 10.0 Å². The Hall–Kier alpha value is -2.13. The molecule has 0 atom stereocenters. The van der Waals surface area contributed by atoms with Crippen molar-refractivity contribution >= 4 is 45.0 Å². The lowest BCUT2D eigenvalue weighted by atomic mass is 10.2. The van der Waals surface area contributed by atoms with Crippen molar-refractivity contribution in [3.63, 3.8) is 0 Å². The van der Waals surface area contributed by atoms with Gasteiger partial charge >= 0.3 is 0 Å². The van der Waals surface area contributed by atoms with Gasteiger partial charge in [-0.15, -0.1) is 0 Å². The van der Waals surface area contributed by atoms with Crippen molar-refractivity contribution in [2.45, 2.75) is 4.90 Å². The Kier molecular flexibility index (Phi) is 5.45. The lowest BCUT2D eigenvalue weighted by molar-refractivity contribution is 0.0846. The Bertz CT molecular complexity index is 899. The maximum atomic E-state index is 12.0. The molecule has 126 valence electrons. The van der Waals surface area contributed by atoms with Crippen LogP contribution in [0, 0.1) is 0 Å². The van der Waals surface area contributed by atoms with Crippen LogP contribution in [-0.4, -0.2) is 20.2 Å². The number of primary sulfonamides is 1. The first-order valence-electron chi connectivity index (χ1n) is 6.37. The first kappa shape index (κ1) is 18.2. The third-order valence-electron chi connectivity index (χ3n) is 2.90. The minimum Gasteiger partial charge on any atom is -0.267 e. The number of nitrogens with two attached hydrogens (primary N) is 1. The van der Waals surface area contributed by atoms with E-state index in [1.54, 1.807) is 0 Å². The van der Waals surface area contributed by atoms with Gasteiger partial charge in [-0.05, 0) is 42.5 Å². The van der Waals surface area contributed by atoms with E-state index in [1.165, 1.54) is 36.4 Å². The Morgan fingerprint density at radius 2 is 1.38 bits per heavy atom. The Balaban J connectivity index is 2.10. The molecule has 2 amide bonds. The number of benzene rings is 2. The number of sulfonamides is 1. The van der Waals surface area contributed by atoms with Gasteiger partial charge in [0.25, 0.3) is 11.8 Å². The molecule has 0 fully saturated rings. The van der Waals surface area contributed by atoms with Crippen molar-refractivity contribution < 1.29 is 18.0 Å². The highest BCUT2D eigenvalue weighted by atomic mass is 35.5. The first-order valence-corrected chi connectivity index (χ1v) is 8.67. The fourth-order valence-electron chi connectivity index (χ4n) is 1.72. The van der Waals surface area contributed by atoms with Crippen LogP contribution in [0.5, 0.6) is 0 Å². The zero-order chi connectivity index (χ0) is 17.9. The number of nitrogens with one attached hydrogen (secondary N) is 2. The highest BCUT2D eigenvalue weighted by molar-refractivity contribution is 7.89. The summed E-state index contributed by atoms with van der Waals surface area (Å²) in [4.78, 5) is 23.5. The van der Waals surface area contributed by atoms with Crippen LogP contribution in [0.25, 0.3) is 0 Å². The molecule has 0 aliphatic carbocycles. The highest BCUT2D eigenvalue weighted by Crippen LogP contribution is 2.21. The van der Waals surface area contributed by atoms with E-state index in [4.69, 9.17) is 28.3 Å². The molecule has 2 aromatic carbocycles. The molecule has 24 heavy (non-hydrogen) atoms. The quantitative estimate of drug-likeness (QED) is 0.694. The lowest BCUT2D eigenvalue weighted by Gasteiger charge is -2.09. The molecule has 0 heterocycles. The second kappa shape index (κ2) is 7.18. The van der Waals surface area contributed by atoms with E-state index in [0.29, 0.717) is 5.02 Å². The van der Waals surface area contributed by atoms with Crippen molar-refractivity contribution in [1.29, 1.82) is 0 Å². The van der Waals surface area contributed by atoms with E-state index in [9.17, 15) is 18.0 Å². The predicted molar refractivity (Wildman–Crippen MR) is 89.2 cm³/mol. The third kappa shape index (κ3) is 4.45. The van der Waals surface area contributed by atoms with Crippen LogP contribution in [0.1, 0.15) is 20.7 Å². The zero-order valence-corrected chi connectivity index (χ0v) is 14.2. The third-order valence-corrected chi connectivity index (χ3v) is 4.54. The van der Waals surface area contributed by atoms with Gasteiger partial charge in [0, 0.05) is 16.1 Å². The number of hydrogen-bond acceptors (Lipinski definition) is 4. The molecule has 0 saturated carbocycles. The number of carbonyl (C=O) groups excluding carboxylic acids is 2. The second-order valence-corrected chi connectivity index (χ2v) is 6.98. The molecule has 10 heteroatoms. The Labute approximate surface area is 147 Å². The van der Waals surface area contributed by atoms with E-state index >= 15 is 0 Å². The maximum absolute atomic E-state index is 12.0. The van der Waals surface area contributed by atoms with E-state index in [-0.39, 0.29) is 21.0 Å². The molecular formula is C14H11Cl2N3O4S. The van der Waals surface area contributed by atoms with Crippen molar-refractivity contribution in [1.82, 2.24) is 10.9 Å². The van der Waals surface area contributed by atoms with Crippen molar-refractivity contribution in [2.24, 2.45) is 5.14 Å². The Morgan fingerprint density at radius 1 is 0.875 bits per heavy atom. The fraction of sp³-hybridized carbons (Fsp3) is 0. The van der Waals surface area contributed by atoms with Crippen molar-refractivity contribution in [3.8, 4) is 0 Å². The summed E-state index contributed by atoms with van der Waals surface area (Å²) in [5, 5.41) is 5.37. The second-order valence-electron chi connectivity index (χ2n) is 4.61. The molecule has 0 unspecified atom stereocenters. The first-order chi connectivity index (χ1) is 11.2. The summed E-state index contributed by atoms with van der Waals surface area (Å²) in [6, 6.07) is 9.53. The van der Waals surface area contributed by atoms with E-state index in [1.807, 2.05) is 0 Å². The van der Waals surface area contributed by atoms with Crippen LogP contribution >= 0.6 is 23.2 Å². The number of halogens is 2. The minimum absolute atomic E-state index is 0.0418. The summed E-state index contributed by atoms with van der Waals surface area (Å²) >= 11 is 11.5. The average molecular weight is 388 g/mol. The smallest absolute Gasteiger partial charge is 0.267 e. The Morgan fingerprint density at radius 3 is 1.92 bits per heavy atom. The van der Waals surface area contributed by atoms with Gasteiger partial charge in [-0.25, -0.2) is 13.6 Å². The van der Waals surface area contributed by atoms with Crippen LogP contribution in [0.3, 0.4) is 0 Å². The standard InChI is InChI=1S/C14H11Cl2N3O4S/c15-10-4-1-8(2-5-10)13(20)18-19-14(21)9-3-6-11(16)12(7-9)24(17,22)23/h1-7H,(H,18,20)(H,19,21)(H2,17,22,23). The number of rotatable bonds is 3. The van der Waals surface area contributed by atoms with Crippen LogP contribution in [0.4, 0.5) is 0 Å². The fourth-order valence-corrected chi connectivity index (χ4v) is 2.92. The molecule has 0 aliphatic rings. The van der Waals surface area contributed by atoms with Gasteiger partial charge in [-0.2, -0.15) is 0 Å². The van der Waals surface area contributed by atoms with Crippen LogP contribution < -0.4 is 16.0 Å². The summed E-state index contributed by atoms with van der Waals surface area (Å²) in [6.45, 7) is 0. The largest absolute Gasteiger partial charge is 0.269 e.